The van der Waals surface area contributed by atoms with Crippen LogP contribution in [0, 0.1) is 6.92 Å². The predicted molar refractivity (Wildman–Crippen MR) is 126 cm³/mol. The number of fused-ring (bicyclic) bond motifs is 1. The van der Waals surface area contributed by atoms with E-state index in [4.69, 9.17) is 5.73 Å². The number of imidazole rings is 1. The summed E-state index contributed by atoms with van der Waals surface area (Å²) in [5.41, 5.74) is 9.93. The number of nitrogens with two attached hydrogens (primary N) is 1. The van der Waals surface area contributed by atoms with E-state index in [0.29, 0.717) is 29.3 Å². The minimum atomic E-state index is -0.274. The van der Waals surface area contributed by atoms with Gasteiger partial charge in [0, 0.05) is 30.1 Å². The molecule has 0 aliphatic rings. The van der Waals surface area contributed by atoms with Gasteiger partial charge in [0.1, 0.15) is 17.2 Å². The number of aliphatic hydroxyl groups is 1. The number of H-pyrrole nitrogens is 2. The molecule has 4 aromatic rings. The maximum absolute atomic E-state index is 12.8. The fraction of sp³-hybridized carbons (Fsp3) is 0.227. The third-order valence-electron chi connectivity index (χ3n) is 5.12. The van der Waals surface area contributed by atoms with E-state index in [2.05, 4.69) is 25.3 Å². The number of aliphatic imine (C=N–C) groups is 1. The number of anilines is 1. The standard InChI is InChI=1S/C22H24N6O2S/c1-12-8-13(20(23)24-2)9-17-19(12)28-21(27-17)18-16(5-6-25-22(18)30)26-14(11-29)10-15-4-3-7-31-15/h3-9,14,29H,10-11H2,1-2H3,(H2,23,24)(H,27,28)(H2,25,26,30)/t14-/m0/s1. The molecule has 0 amide bonds. The highest BCUT2D eigenvalue weighted by Crippen LogP contribution is 2.27. The van der Waals surface area contributed by atoms with Crippen molar-refractivity contribution in [2.75, 3.05) is 19.0 Å². The van der Waals surface area contributed by atoms with E-state index >= 15 is 0 Å². The van der Waals surface area contributed by atoms with Crippen molar-refractivity contribution in [2.45, 2.75) is 19.4 Å². The van der Waals surface area contributed by atoms with Crippen LogP contribution in [0.3, 0.4) is 0 Å². The number of rotatable bonds is 7. The summed E-state index contributed by atoms with van der Waals surface area (Å²) in [5, 5.41) is 15.2. The first-order chi connectivity index (χ1) is 15.0. The van der Waals surface area contributed by atoms with Gasteiger partial charge in [0.25, 0.3) is 5.56 Å². The zero-order valence-electron chi connectivity index (χ0n) is 17.3. The Balaban J connectivity index is 1.75. The van der Waals surface area contributed by atoms with Crippen LogP contribution in [0.2, 0.25) is 0 Å². The lowest BCUT2D eigenvalue weighted by atomic mass is 10.1. The van der Waals surface area contributed by atoms with Gasteiger partial charge in [-0.1, -0.05) is 6.07 Å². The molecule has 9 heteroatoms. The first-order valence-corrected chi connectivity index (χ1v) is 10.7. The number of aliphatic hydroxyl groups excluding tert-OH is 1. The van der Waals surface area contributed by atoms with Crippen LogP contribution in [0.4, 0.5) is 5.69 Å². The second kappa shape index (κ2) is 8.75. The average molecular weight is 437 g/mol. The Labute approximate surface area is 182 Å². The molecule has 160 valence electrons. The minimum Gasteiger partial charge on any atom is -0.394 e. The molecule has 6 N–H and O–H groups in total. The summed E-state index contributed by atoms with van der Waals surface area (Å²) >= 11 is 1.63. The minimum absolute atomic E-state index is 0.0671. The van der Waals surface area contributed by atoms with Crippen molar-refractivity contribution in [3.05, 3.63) is 68.3 Å². The van der Waals surface area contributed by atoms with Crippen molar-refractivity contribution in [1.82, 2.24) is 15.0 Å². The van der Waals surface area contributed by atoms with E-state index in [-0.39, 0.29) is 18.2 Å². The van der Waals surface area contributed by atoms with Crippen molar-refractivity contribution in [3.8, 4) is 11.4 Å². The van der Waals surface area contributed by atoms with Gasteiger partial charge in [-0.15, -0.1) is 11.3 Å². The quantitative estimate of drug-likeness (QED) is 0.224. The van der Waals surface area contributed by atoms with Crippen LogP contribution in [0.5, 0.6) is 0 Å². The Bertz CT molecular complexity index is 1290. The van der Waals surface area contributed by atoms with Gasteiger partial charge in [0.05, 0.1) is 29.4 Å². The molecule has 8 nitrogen and oxygen atoms in total. The van der Waals surface area contributed by atoms with Crippen molar-refractivity contribution in [1.29, 1.82) is 0 Å². The number of nitrogens with one attached hydrogen (secondary N) is 3. The largest absolute Gasteiger partial charge is 0.394 e. The normalized spacial score (nSPS) is 12.9. The van der Waals surface area contributed by atoms with Gasteiger partial charge in [-0.3, -0.25) is 9.79 Å². The first kappa shape index (κ1) is 20.8. The fourth-order valence-corrected chi connectivity index (χ4v) is 4.36. The lowest BCUT2D eigenvalue weighted by Crippen LogP contribution is -2.27. The van der Waals surface area contributed by atoms with Crippen molar-refractivity contribution < 1.29 is 5.11 Å². The predicted octanol–water partition coefficient (Wildman–Crippen LogP) is 2.64. The number of hydrogen-bond donors (Lipinski definition) is 5. The molecule has 31 heavy (non-hydrogen) atoms. The van der Waals surface area contributed by atoms with Crippen molar-refractivity contribution in [2.24, 2.45) is 10.7 Å². The summed E-state index contributed by atoms with van der Waals surface area (Å²) in [6.45, 7) is 1.87. The lowest BCUT2D eigenvalue weighted by molar-refractivity contribution is 0.274. The lowest BCUT2D eigenvalue weighted by Gasteiger charge is -2.18. The summed E-state index contributed by atoms with van der Waals surface area (Å²) in [7, 11) is 1.64. The van der Waals surface area contributed by atoms with Crippen molar-refractivity contribution >= 4 is 33.9 Å². The van der Waals surface area contributed by atoms with Crippen LogP contribution in [-0.2, 0) is 6.42 Å². The van der Waals surface area contributed by atoms with Gasteiger partial charge in [-0.2, -0.15) is 0 Å². The summed E-state index contributed by atoms with van der Waals surface area (Å²) in [6.07, 6.45) is 2.23. The summed E-state index contributed by atoms with van der Waals surface area (Å²) < 4.78 is 0. The third-order valence-corrected chi connectivity index (χ3v) is 6.02. The summed E-state index contributed by atoms with van der Waals surface area (Å²) in [6, 6.07) is 9.34. The Morgan fingerprint density at radius 1 is 1.39 bits per heavy atom. The van der Waals surface area contributed by atoms with Crippen LogP contribution in [0.1, 0.15) is 16.0 Å². The number of thiophene rings is 1. The molecule has 1 aromatic carbocycles. The van der Waals surface area contributed by atoms with Gasteiger partial charge in [0.2, 0.25) is 0 Å². The Morgan fingerprint density at radius 2 is 2.23 bits per heavy atom. The highest BCUT2D eigenvalue weighted by atomic mass is 32.1. The monoisotopic (exact) mass is 436 g/mol. The maximum Gasteiger partial charge on any atom is 0.261 e. The van der Waals surface area contributed by atoms with Gasteiger partial charge >= 0.3 is 0 Å². The molecular formula is C22H24N6O2S. The SMILES string of the molecule is CN=C(N)c1cc(C)c2nc(-c3c(N[C@H](CO)Cc4cccs4)cc[nH]c3=O)[nH]c2c1. The molecular weight excluding hydrogens is 412 g/mol. The maximum atomic E-state index is 12.8. The number of aromatic nitrogens is 3. The highest BCUT2D eigenvalue weighted by molar-refractivity contribution is 7.09. The molecule has 3 aromatic heterocycles. The first-order valence-electron chi connectivity index (χ1n) is 9.85. The van der Waals surface area contributed by atoms with Crippen molar-refractivity contribution in [3.63, 3.8) is 0 Å². The number of aryl methyl sites for hydroxylation is 1. The molecule has 4 rings (SSSR count). The van der Waals surface area contributed by atoms with Crippen LogP contribution >= 0.6 is 11.3 Å². The molecule has 1 atom stereocenters. The van der Waals surface area contributed by atoms with E-state index in [1.165, 1.54) is 0 Å². The van der Waals surface area contributed by atoms with E-state index in [1.54, 1.807) is 30.6 Å². The van der Waals surface area contributed by atoms with Crippen LogP contribution in [0.25, 0.3) is 22.4 Å². The molecule has 0 saturated heterocycles. The Hall–Kier alpha value is -3.43. The van der Waals surface area contributed by atoms with E-state index in [0.717, 1.165) is 27.0 Å². The van der Waals surface area contributed by atoms with Gasteiger partial charge in [0.15, 0.2) is 0 Å². The molecule has 3 heterocycles. The van der Waals surface area contributed by atoms with Crippen LogP contribution in [0.15, 0.2) is 51.7 Å². The Morgan fingerprint density at radius 3 is 2.94 bits per heavy atom. The second-order valence-corrected chi connectivity index (χ2v) is 8.32. The average Bonchev–Trinajstić information content (AvgIpc) is 3.42. The number of benzene rings is 1. The number of nitrogens with zero attached hydrogens (tertiary/aromatic N) is 2. The highest BCUT2D eigenvalue weighted by Gasteiger charge is 2.18. The van der Waals surface area contributed by atoms with Crippen LogP contribution in [-0.4, -0.2) is 45.6 Å². The topological polar surface area (TPSA) is 132 Å². The smallest absolute Gasteiger partial charge is 0.261 e. The van der Waals surface area contributed by atoms with Gasteiger partial charge in [-0.05, 0) is 42.1 Å². The zero-order chi connectivity index (χ0) is 22.0. The van der Waals surface area contributed by atoms with Crippen LogP contribution < -0.4 is 16.6 Å². The van der Waals surface area contributed by atoms with Gasteiger partial charge in [-0.25, -0.2) is 4.98 Å². The van der Waals surface area contributed by atoms with Gasteiger partial charge < -0.3 is 26.1 Å². The number of hydrogen-bond acceptors (Lipinski definition) is 6. The molecule has 0 aliphatic carbocycles. The molecule has 0 bridgehead atoms. The molecule has 0 saturated carbocycles. The van der Waals surface area contributed by atoms with E-state index < -0.39 is 0 Å². The molecule has 0 radical (unpaired) electrons. The Kier molecular flexibility index (Phi) is 5.88. The number of amidine groups is 1. The number of pyridine rings is 1. The summed E-state index contributed by atoms with van der Waals surface area (Å²) in [4.78, 5) is 28.6. The molecule has 0 aliphatic heterocycles. The molecule has 0 fully saturated rings. The fourth-order valence-electron chi connectivity index (χ4n) is 3.57. The van der Waals surface area contributed by atoms with E-state index in [1.807, 2.05) is 36.6 Å². The molecule has 0 spiro atoms. The molecule has 0 unspecified atom stereocenters. The second-order valence-electron chi connectivity index (χ2n) is 7.29. The third kappa shape index (κ3) is 4.23. The zero-order valence-corrected chi connectivity index (χ0v) is 18.1. The summed E-state index contributed by atoms with van der Waals surface area (Å²) in [5.74, 6) is 0.875. The van der Waals surface area contributed by atoms with E-state index in [9.17, 15) is 9.90 Å². The number of aromatic amines is 2.